The van der Waals surface area contributed by atoms with Gasteiger partial charge in [-0.1, -0.05) is 18.2 Å². The number of nitrogens with zero attached hydrogens (tertiary/aromatic N) is 1. The van der Waals surface area contributed by atoms with Crippen LogP contribution in [0, 0.1) is 0 Å². The quantitative estimate of drug-likeness (QED) is 0.683. The van der Waals surface area contributed by atoms with Crippen molar-refractivity contribution < 1.29 is 23.5 Å². The van der Waals surface area contributed by atoms with Gasteiger partial charge >= 0.3 is 12.0 Å². The number of carbonyl (C=O) groups is 3. The average Bonchev–Trinajstić information content (AvgIpc) is 3.02. The first-order valence-corrected chi connectivity index (χ1v) is 7.95. The van der Waals surface area contributed by atoms with Crippen molar-refractivity contribution in [1.82, 2.24) is 10.2 Å². The minimum absolute atomic E-state index is 0.318. The molecule has 3 amide bonds. The normalized spacial score (nSPS) is 20.9. The number of amides is 3. The Kier molecular flexibility index (Phi) is 3.82. The molecule has 1 unspecified atom stereocenters. The molecule has 1 aliphatic heterocycles. The van der Waals surface area contributed by atoms with Gasteiger partial charge in [-0.2, -0.15) is 0 Å². The van der Waals surface area contributed by atoms with Gasteiger partial charge in [0.15, 0.2) is 5.54 Å². The predicted octanol–water partition coefficient (Wildman–Crippen LogP) is 2.54. The third kappa shape index (κ3) is 3.09. The molecular formula is C18H20N2O5. The van der Waals surface area contributed by atoms with Crippen molar-refractivity contribution in [2.45, 2.75) is 38.8 Å². The van der Waals surface area contributed by atoms with Crippen molar-refractivity contribution in [3.63, 3.8) is 0 Å². The number of carbonyl (C=O) groups excluding carboxylic acids is 3. The van der Waals surface area contributed by atoms with Crippen molar-refractivity contribution >= 4 is 28.9 Å². The fraction of sp³-hybridized carbons (Fsp3) is 0.389. The molecule has 25 heavy (non-hydrogen) atoms. The second kappa shape index (κ2) is 5.61. The summed E-state index contributed by atoms with van der Waals surface area (Å²) in [7, 11) is 0. The van der Waals surface area contributed by atoms with Gasteiger partial charge in [0, 0.05) is 5.39 Å². The number of para-hydroxylation sites is 1. The van der Waals surface area contributed by atoms with E-state index in [1.807, 2.05) is 18.2 Å². The van der Waals surface area contributed by atoms with E-state index in [0.717, 1.165) is 10.3 Å². The van der Waals surface area contributed by atoms with Gasteiger partial charge < -0.3 is 14.5 Å². The van der Waals surface area contributed by atoms with Gasteiger partial charge in [0.05, 0.1) is 0 Å². The second-order valence-corrected chi connectivity index (χ2v) is 7.18. The molecular weight excluding hydrogens is 324 g/mol. The van der Waals surface area contributed by atoms with Gasteiger partial charge in [-0.15, -0.1) is 0 Å². The number of urea groups is 1. The lowest BCUT2D eigenvalue weighted by molar-refractivity contribution is -0.157. The summed E-state index contributed by atoms with van der Waals surface area (Å²) in [5, 5.41) is 3.44. The molecule has 1 atom stereocenters. The number of benzene rings is 1. The Morgan fingerprint density at radius 1 is 1.28 bits per heavy atom. The van der Waals surface area contributed by atoms with Crippen LogP contribution in [0.4, 0.5) is 4.79 Å². The maximum atomic E-state index is 12.8. The monoisotopic (exact) mass is 344 g/mol. The van der Waals surface area contributed by atoms with Crippen LogP contribution >= 0.6 is 0 Å². The molecule has 1 saturated heterocycles. The summed E-state index contributed by atoms with van der Waals surface area (Å²) in [5.41, 5.74) is -1.44. The highest BCUT2D eigenvalue weighted by molar-refractivity contribution is 6.08. The molecule has 0 radical (unpaired) electrons. The SMILES string of the molecule is CC(C)(C)OC(=O)CN1C(=O)NC(C)(c2cc3ccccc3o2)C1=O. The fourth-order valence-corrected chi connectivity index (χ4v) is 2.74. The molecule has 0 bridgehead atoms. The molecule has 1 aromatic heterocycles. The van der Waals surface area contributed by atoms with Gasteiger partial charge in [0.1, 0.15) is 23.5 Å². The number of hydrogen-bond donors (Lipinski definition) is 1. The van der Waals surface area contributed by atoms with E-state index >= 15 is 0 Å². The zero-order valence-corrected chi connectivity index (χ0v) is 14.6. The first-order valence-electron chi connectivity index (χ1n) is 7.95. The Balaban J connectivity index is 1.85. The van der Waals surface area contributed by atoms with Crippen LogP contribution in [0.5, 0.6) is 0 Å². The zero-order chi connectivity index (χ0) is 18.4. The van der Waals surface area contributed by atoms with Gasteiger partial charge in [-0.05, 0) is 39.8 Å². The van der Waals surface area contributed by atoms with Crippen molar-refractivity contribution in [1.29, 1.82) is 0 Å². The summed E-state index contributed by atoms with van der Waals surface area (Å²) >= 11 is 0. The van der Waals surface area contributed by atoms with E-state index in [2.05, 4.69) is 5.32 Å². The zero-order valence-electron chi connectivity index (χ0n) is 14.6. The second-order valence-electron chi connectivity index (χ2n) is 7.18. The lowest BCUT2D eigenvalue weighted by atomic mass is 9.99. The van der Waals surface area contributed by atoms with Crippen LogP contribution in [-0.4, -0.2) is 35.0 Å². The van der Waals surface area contributed by atoms with Crippen LogP contribution in [0.2, 0.25) is 0 Å². The largest absolute Gasteiger partial charge is 0.459 e. The molecule has 0 saturated carbocycles. The van der Waals surface area contributed by atoms with Crippen LogP contribution in [-0.2, 0) is 19.9 Å². The maximum absolute atomic E-state index is 12.8. The Morgan fingerprint density at radius 3 is 2.60 bits per heavy atom. The third-order valence-corrected chi connectivity index (χ3v) is 3.90. The van der Waals surface area contributed by atoms with E-state index in [9.17, 15) is 14.4 Å². The third-order valence-electron chi connectivity index (χ3n) is 3.90. The molecule has 2 heterocycles. The fourth-order valence-electron chi connectivity index (χ4n) is 2.74. The Hall–Kier alpha value is -2.83. The highest BCUT2D eigenvalue weighted by Crippen LogP contribution is 2.33. The molecule has 0 aliphatic carbocycles. The predicted molar refractivity (Wildman–Crippen MR) is 89.7 cm³/mol. The number of furan rings is 1. The molecule has 1 aliphatic rings. The number of hydrogen-bond acceptors (Lipinski definition) is 5. The van der Waals surface area contributed by atoms with Gasteiger partial charge in [-0.3, -0.25) is 14.5 Å². The minimum atomic E-state index is -1.36. The minimum Gasteiger partial charge on any atom is -0.459 e. The number of ether oxygens (including phenoxy) is 1. The van der Waals surface area contributed by atoms with Crippen molar-refractivity contribution in [2.24, 2.45) is 0 Å². The van der Waals surface area contributed by atoms with Crippen LogP contribution < -0.4 is 5.32 Å². The van der Waals surface area contributed by atoms with Gasteiger partial charge in [0.2, 0.25) is 0 Å². The van der Waals surface area contributed by atoms with E-state index in [1.54, 1.807) is 39.8 Å². The van der Waals surface area contributed by atoms with E-state index < -0.39 is 35.6 Å². The summed E-state index contributed by atoms with van der Waals surface area (Å²) < 4.78 is 10.9. The molecule has 1 aromatic carbocycles. The molecule has 1 fully saturated rings. The van der Waals surface area contributed by atoms with E-state index in [1.165, 1.54) is 0 Å². The molecule has 3 rings (SSSR count). The van der Waals surface area contributed by atoms with Crippen molar-refractivity contribution in [3.05, 3.63) is 36.1 Å². The molecule has 132 valence electrons. The number of imide groups is 1. The molecule has 7 nitrogen and oxygen atoms in total. The molecule has 0 spiro atoms. The van der Waals surface area contributed by atoms with E-state index in [0.29, 0.717) is 11.3 Å². The summed E-state index contributed by atoms with van der Waals surface area (Å²) in [5.74, 6) is -0.883. The summed E-state index contributed by atoms with van der Waals surface area (Å²) in [4.78, 5) is 37.8. The first kappa shape index (κ1) is 17.0. The highest BCUT2D eigenvalue weighted by atomic mass is 16.6. The molecule has 1 N–H and O–H groups in total. The number of fused-ring (bicyclic) bond motifs is 1. The lowest BCUT2D eigenvalue weighted by Crippen LogP contribution is -2.42. The number of esters is 1. The number of rotatable bonds is 3. The van der Waals surface area contributed by atoms with Crippen LogP contribution in [0.1, 0.15) is 33.5 Å². The maximum Gasteiger partial charge on any atom is 0.326 e. The van der Waals surface area contributed by atoms with Gasteiger partial charge in [0.25, 0.3) is 5.91 Å². The number of nitrogens with one attached hydrogen (secondary N) is 1. The topological polar surface area (TPSA) is 88.8 Å². The molecule has 7 heteroatoms. The smallest absolute Gasteiger partial charge is 0.326 e. The van der Waals surface area contributed by atoms with Crippen LogP contribution in [0.25, 0.3) is 11.0 Å². The Labute approximate surface area is 144 Å². The van der Waals surface area contributed by atoms with E-state index in [4.69, 9.17) is 9.15 Å². The first-order chi connectivity index (χ1) is 11.6. The van der Waals surface area contributed by atoms with Gasteiger partial charge in [-0.25, -0.2) is 4.79 Å². The lowest BCUT2D eigenvalue weighted by Gasteiger charge is -2.22. The summed E-state index contributed by atoms with van der Waals surface area (Å²) in [6, 6.07) is 8.37. The van der Waals surface area contributed by atoms with Crippen molar-refractivity contribution in [2.75, 3.05) is 6.54 Å². The van der Waals surface area contributed by atoms with Crippen LogP contribution in [0.3, 0.4) is 0 Å². The Morgan fingerprint density at radius 2 is 1.96 bits per heavy atom. The Bertz CT molecular complexity index is 831. The van der Waals surface area contributed by atoms with Crippen LogP contribution in [0.15, 0.2) is 34.7 Å². The van der Waals surface area contributed by atoms with E-state index in [-0.39, 0.29) is 0 Å². The highest BCUT2D eigenvalue weighted by Gasteiger charge is 2.52. The molecule has 2 aromatic rings. The summed E-state index contributed by atoms with van der Waals surface area (Å²) in [6.45, 7) is 6.26. The average molecular weight is 344 g/mol. The summed E-state index contributed by atoms with van der Waals surface area (Å²) in [6.07, 6.45) is 0. The van der Waals surface area contributed by atoms with Crippen molar-refractivity contribution in [3.8, 4) is 0 Å². The standard InChI is InChI=1S/C18H20N2O5/c1-17(2,3)25-14(21)10-20-15(22)18(4,19-16(20)23)13-9-11-7-5-6-8-12(11)24-13/h5-9H,10H2,1-4H3,(H,19,23).